The molecule has 0 bridgehead atoms. The minimum absolute atomic E-state index is 0.0795. The maximum atomic E-state index is 11.7. The third-order valence-corrected chi connectivity index (χ3v) is 5.59. The van der Waals surface area contributed by atoms with Gasteiger partial charge in [-0.25, -0.2) is 12.7 Å². The highest BCUT2D eigenvalue weighted by Gasteiger charge is 2.60. The van der Waals surface area contributed by atoms with Gasteiger partial charge in [-0.1, -0.05) is 0 Å². The largest absolute Gasteiger partial charge is 0.481 e. The molecule has 0 aliphatic carbocycles. The first kappa shape index (κ1) is 14.0. The van der Waals surface area contributed by atoms with Crippen LogP contribution in [0.25, 0.3) is 0 Å². The van der Waals surface area contributed by atoms with Crippen molar-refractivity contribution in [3.63, 3.8) is 0 Å². The second-order valence-electron chi connectivity index (χ2n) is 5.33. The molecule has 0 atom stereocenters. The number of sulfonamides is 1. The average Bonchev–Trinajstić information content (AvgIpc) is 2.16. The minimum Gasteiger partial charge on any atom is -0.481 e. The van der Waals surface area contributed by atoms with E-state index in [0.29, 0.717) is 0 Å². The zero-order chi connectivity index (χ0) is 13.6. The van der Waals surface area contributed by atoms with Crippen LogP contribution < -0.4 is 0 Å². The number of carboxylic acid groups (broad SMARTS) is 1. The SMILES string of the molecule is CC(C)(CCN1C(=O)C(C)(C)S1(=O)=O)C(=O)O. The summed E-state index contributed by atoms with van der Waals surface area (Å²) in [5.41, 5.74) is -1.05. The van der Waals surface area contributed by atoms with Crippen LogP contribution in [-0.2, 0) is 19.6 Å². The Morgan fingerprint density at radius 2 is 1.88 bits per heavy atom. The molecule has 17 heavy (non-hydrogen) atoms. The van der Waals surface area contributed by atoms with Crippen molar-refractivity contribution in [1.82, 2.24) is 4.31 Å². The van der Waals surface area contributed by atoms with Crippen molar-refractivity contribution in [2.24, 2.45) is 5.41 Å². The summed E-state index contributed by atoms with van der Waals surface area (Å²) in [7, 11) is -3.61. The van der Waals surface area contributed by atoms with E-state index in [1.807, 2.05) is 0 Å². The van der Waals surface area contributed by atoms with Crippen molar-refractivity contribution in [3.8, 4) is 0 Å². The number of amides is 1. The maximum Gasteiger partial charge on any atom is 0.309 e. The molecule has 7 heteroatoms. The molecule has 1 heterocycles. The van der Waals surface area contributed by atoms with Gasteiger partial charge in [0.05, 0.1) is 5.41 Å². The van der Waals surface area contributed by atoms with Crippen LogP contribution in [0, 0.1) is 5.41 Å². The molecular formula is C10H17NO5S. The number of carbonyl (C=O) groups excluding carboxylic acids is 1. The molecule has 0 aromatic carbocycles. The summed E-state index contributed by atoms with van der Waals surface area (Å²) in [6.07, 6.45) is 0.101. The van der Waals surface area contributed by atoms with Crippen LogP contribution in [0.4, 0.5) is 0 Å². The highest BCUT2D eigenvalue weighted by molar-refractivity contribution is 7.94. The van der Waals surface area contributed by atoms with E-state index in [2.05, 4.69) is 0 Å². The van der Waals surface area contributed by atoms with Crippen LogP contribution in [0.1, 0.15) is 34.1 Å². The first-order chi connectivity index (χ1) is 7.44. The highest BCUT2D eigenvalue weighted by atomic mass is 32.2. The van der Waals surface area contributed by atoms with Gasteiger partial charge in [0.15, 0.2) is 4.75 Å². The van der Waals surface area contributed by atoms with E-state index in [-0.39, 0.29) is 13.0 Å². The molecule has 0 aromatic heterocycles. The zero-order valence-electron chi connectivity index (χ0n) is 10.3. The predicted octanol–water partition coefficient (Wildman–Crippen LogP) is 0.438. The molecule has 1 aliphatic heterocycles. The molecule has 1 N–H and O–H groups in total. The fourth-order valence-corrected chi connectivity index (χ4v) is 2.99. The molecule has 0 unspecified atom stereocenters. The number of hydrogen-bond donors (Lipinski definition) is 1. The molecule has 0 saturated carbocycles. The van der Waals surface area contributed by atoms with Gasteiger partial charge in [0.2, 0.25) is 0 Å². The van der Waals surface area contributed by atoms with E-state index in [9.17, 15) is 18.0 Å². The van der Waals surface area contributed by atoms with E-state index in [4.69, 9.17) is 5.11 Å². The Morgan fingerprint density at radius 3 is 2.24 bits per heavy atom. The summed E-state index contributed by atoms with van der Waals surface area (Å²) in [6.45, 7) is 5.62. The fourth-order valence-electron chi connectivity index (χ4n) is 1.47. The fraction of sp³-hybridized carbons (Fsp3) is 0.800. The Bertz CT molecular complexity index is 463. The number of hydrogen-bond acceptors (Lipinski definition) is 4. The van der Waals surface area contributed by atoms with Crippen molar-refractivity contribution in [1.29, 1.82) is 0 Å². The molecule has 1 saturated heterocycles. The van der Waals surface area contributed by atoms with E-state index in [1.54, 1.807) is 0 Å². The molecule has 1 aliphatic rings. The summed E-state index contributed by atoms with van der Waals surface area (Å²) < 4.78 is 22.8. The summed E-state index contributed by atoms with van der Waals surface area (Å²) in [4.78, 5) is 22.4. The molecule has 98 valence electrons. The summed E-state index contributed by atoms with van der Waals surface area (Å²) >= 11 is 0. The molecule has 0 spiro atoms. The standard InChI is InChI=1S/C10H17NO5S/c1-9(2,8(13)14)5-6-11-7(12)10(3,4)17(11,15)16/h5-6H2,1-4H3,(H,13,14). The van der Waals surface area contributed by atoms with Gasteiger partial charge in [0.1, 0.15) is 0 Å². The van der Waals surface area contributed by atoms with Crippen LogP contribution in [0.15, 0.2) is 0 Å². The van der Waals surface area contributed by atoms with Gasteiger partial charge < -0.3 is 5.11 Å². The topological polar surface area (TPSA) is 91.8 Å². The van der Waals surface area contributed by atoms with Crippen LogP contribution >= 0.6 is 0 Å². The van der Waals surface area contributed by atoms with Crippen molar-refractivity contribution < 1.29 is 23.1 Å². The van der Waals surface area contributed by atoms with Gasteiger partial charge in [0.25, 0.3) is 15.9 Å². The van der Waals surface area contributed by atoms with E-state index in [0.717, 1.165) is 4.31 Å². The van der Waals surface area contributed by atoms with E-state index in [1.165, 1.54) is 27.7 Å². The summed E-state index contributed by atoms with van der Waals surface area (Å²) in [6, 6.07) is 0. The van der Waals surface area contributed by atoms with Crippen LogP contribution in [0.5, 0.6) is 0 Å². The Hall–Kier alpha value is -1.11. The van der Waals surface area contributed by atoms with Crippen LogP contribution in [-0.4, -0.2) is 41.0 Å². The number of nitrogens with zero attached hydrogens (tertiary/aromatic N) is 1. The highest BCUT2D eigenvalue weighted by Crippen LogP contribution is 2.36. The Kier molecular flexibility index (Phi) is 3.03. The van der Waals surface area contributed by atoms with Gasteiger partial charge >= 0.3 is 5.97 Å². The molecule has 1 fully saturated rings. The normalized spacial score (nSPS) is 22.1. The van der Waals surface area contributed by atoms with E-state index < -0.39 is 32.1 Å². The van der Waals surface area contributed by atoms with Gasteiger partial charge in [-0.2, -0.15) is 0 Å². The lowest BCUT2D eigenvalue weighted by Gasteiger charge is -2.43. The Labute approximate surface area is 101 Å². The van der Waals surface area contributed by atoms with Crippen molar-refractivity contribution in [2.75, 3.05) is 6.54 Å². The summed E-state index contributed by atoms with van der Waals surface area (Å²) in [5, 5.41) is 8.89. The molecular weight excluding hydrogens is 246 g/mol. The number of carbonyl (C=O) groups is 2. The second kappa shape index (κ2) is 3.69. The first-order valence-corrected chi connectivity index (χ1v) is 6.69. The van der Waals surface area contributed by atoms with E-state index >= 15 is 0 Å². The third-order valence-electron chi connectivity index (χ3n) is 3.20. The second-order valence-corrected chi connectivity index (χ2v) is 7.74. The number of aliphatic carboxylic acids is 1. The van der Waals surface area contributed by atoms with Crippen molar-refractivity contribution >= 4 is 21.9 Å². The lowest BCUT2D eigenvalue weighted by atomic mass is 9.89. The monoisotopic (exact) mass is 263 g/mol. The van der Waals surface area contributed by atoms with Gasteiger partial charge in [-0.3, -0.25) is 9.59 Å². The predicted molar refractivity (Wildman–Crippen MR) is 60.7 cm³/mol. The quantitative estimate of drug-likeness (QED) is 0.794. The lowest BCUT2D eigenvalue weighted by molar-refractivity contribution is -0.148. The van der Waals surface area contributed by atoms with Crippen LogP contribution in [0.3, 0.4) is 0 Å². The molecule has 0 radical (unpaired) electrons. The van der Waals surface area contributed by atoms with Crippen molar-refractivity contribution in [2.45, 2.75) is 38.9 Å². The lowest BCUT2D eigenvalue weighted by Crippen LogP contribution is -2.67. The molecule has 6 nitrogen and oxygen atoms in total. The number of rotatable bonds is 4. The summed E-state index contributed by atoms with van der Waals surface area (Å²) in [5.74, 6) is -1.49. The van der Waals surface area contributed by atoms with Gasteiger partial charge in [-0.05, 0) is 34.1 Å². The Morgan fingerprint density at radius 1 is 1.41 bits per heavy atom. The van der Waals surface area contributed by atoms with Gasteiger partial charge in [0, 0.05) is 6.54 Å². The molecule has 0 aromatic rings. The third kappa shape index (κ3) is 1.92. The van der Waals surface area contributed by atoms with Crippen molar-refractivity contribution in [3.05, 3.63) is 0 Å². The first-order valence-electron chi connectivity index (χ1n) is 5.25. The number of carboxylic acids is 1. The zero-order valence-corrected chi connectivity index (χ0v) is 11.2. The minimum atomic E-state index is -3.61. The molecule has 1 rings (SSSR count). The average molecular weight is 263 g/mol. The molecule has 1 amide bonds. The maximum absolute atomic E-state index is 11.7. The smallest absolute Gasteiger partial charge is 0.309 e. The van der Waals surface area contributed by atoms with Crippen LogP contribution in [0.2, 0.25) is 0 Å². The van der Waals surface area contributed by atoms with Gasteiger partial charge in [-0.15, -0.1) is 0 Å². The Balaban J connectivity index is 2.75.